The summed E-state index contributed by atoms with van der Waals surface area (Å²) in [6.07, 6.45) is 0. The monoisotopic (exact) mass is 430 g/mol. The van der Waals surface area contributed by atoms with Crippen molar-refractivity contribution < 1.29 is 4.42 Å². The highest BCUT2D eigenvalue weighted by Crippen LogP contribution is 2.55. The van der Waals surface area contributed by atoms with Gasteiger partial charge in [-0.3, -0.25) is 0 Å². The minimum Gasteiger partial charge on any atom is -0.456 e. The predicted molar refractivity (Wildman–Crippen MR) is 134 cm³/mol. The smallest absolute Gasteiger partial charge is 0.139 e. The summed E-state index contributed by atoms with van der Waals surface area (Å²) < 4.78 is 6.59. The lowest BCUT2D eigenvalue weighted by molar-refractivity contribution is 0.559. The first-order valence-electron chi connectivity index (χ1n) is 11.2. The number of halogens is 1. The van der Waals surface area contributed by atoms with Crippen LogP contribution in [0.3, 0.4) is 0 Å². The molecule has 2 heteroatoms. The van der Waals surface area contributed by atoms with Crippen LogP contribution in [0.5, 0.6) is 0 Å². The molecule has 0 saturated heterocycles. The van der Waals surface area contributed by atoms with Gasteiger partial charge in [-0.15, -0.1) is 0 Å². The first-order chi connectivity index (χ1) is 14.3. The number of fused-ring (bicyclic) bond motifs is 7. The van der Waals surface area contributed by atoms with E-state index >= 15 is 0 Å². The van der Waals surface area contributed by atoms with E-state index in [-0.39, 0.29) is 16.2 Å². The van der Waals surface area contributed by atoms with Gasteiger partial charge in [0, 0.05) is 32.3 Å². The average molecular weight is 431 g/mol. The van der Waals surface area contributed by atoms with Gasteiger partial charge in [-0.1, -0.05) is 91.3 Å². The highest BCUT2D eigenvalue weighted by molar-refractivity contribution is 6.34. The second-order valence-electron chi connectivity index (χ2n) is 11.7. The fraction of sp³-hybridized carbons (Fsp3) is 0.379. The van der Waals surface area contributed by atoms with Crippen LogP contribution in [0.2, 0.25) is 5.02 Å². The minimum atomic E-state index is -0.147. The van der Waals surface area contributed by atoms with Crippen molar-refractivity contribution in [1.82, 2.24) is 0 Å². The van der Waals surface area contributed by atoms with E-state index in [1.165, 1.54) is 44.2 Å². The van der Waals surface area contributed by atoms with Crippen molar-refractivity contribution in [2.45, 2.75) is 71.6 Å². The summed E-state index contributed by atoms with van der Waals surface area (Å²) in [7, 11) is 0. The van der Waals surface area contributed by atoms with E-state index in [1.54, 1.807) is 0 Å². The van der Waals surface area contributed by atoms with Gasteiger partial charge < -0.3 is 4.42 Å². The van der Waals surface area contributed by atoms with Crippen molar-refractivity contribution >= 4 is 33.5 Å². The van der Waals surface area contributed by atoms with Crippen molar-refractivity contribution in [2.75, 3.05) is 0 Å². The summed E-state index contributed by atoms with van der Waals surface area (Å²) in [6, 6.07) is 15.3. The minimum absolute atomic E-state index is 0.0155. The van der Waals surface area contributed by atoms with Crippen molar-refractivity contribution in [2.24, 2.45) is 0 Å². The molecule has 0 atom stereocenters. The molecule has 0 N–H and O–H groups in total. The van der Waals surface area contributed by atoms with Gasteiger partial charge in [0.1, 0.15) is 11.2 Å². The van der Waals surface area contributed by atoms with Crippen LogP contribution in [0.15, 0.2) is 46.9 Å². The van der Waals surface area contributed by atoms with Crippen LogP contribution < -0.4 is 0 Å². The van der Waals surface area contributed by atoms with E-state index < -0.39 is 0 Å². The summed E-state index contributed by atoms with van der Waals surface area (Å²) in [6.45, 7) is 18.3. The third kappa shape index (κ3) is 2.82. The van der Waals surface area contributed by atoms with Crippen molar-refractivity contribution in [3.05, 3.63) is 69.7 Å². The van der Waals surface area contributed by atoms with Crippen molar-refractivity contribution in [3.8, 4) is 11.1 Å². The molecule has 0 spiro atoms. The molecular formula is C29H31ClO. The molecule has 1 aromatic heterocycles. The van der Waals surface area contributed by atoms with E-state index in [0.717, 1.165) is 16.2 Å². The van der Waals surface area contributed by atoms with Crippen molar-refractivity contribution in [1.29, 1.82) is 0 Å². The zero-order chi connectivity index (χ0) is 22.5. The predicted octanol–water partition coefficient (Wildman–Crippen LogP) is 9.14. The molecule has 4 aromatic rings. The van der Waals surface area contributed by atoms with E-state index in [9.17, 15) is 0 Å². The molecule has 0 fully saturated rings. The standard InChI is InChI=1S/C29H31ClO/c1-27(2,3)16-14-18-24-22(31-26(18)20(15-16)28(4,5)6)13-12-17-23-19(10-9-11-21(23)30)29(7,8)25(17)24/h9-15H,1-8H3. The van der Waals surface area contributed by atoms with Gasteiger partial charge in [0.25, 0.3) is 0 Å². The van der Waals surface area contributed by atoms with Gasteiger partial charge in [0.15, 0.2) is 0 Å². The summed E-state index contributed by atoms with van der Waals surface area (Å²) in [4.78, 5) is 0. The maximum Gasteiger partial charge on any atom is 0.139 e. The number of benzene rings is 3. The van der Waals surface area contributed by atoms with Crippen LogP contribution in [-0.4, -0.2) is 0 Å². The Morgan fingerprint density at radius 3 is 2.23 bits per heavy atom. The van der Waals surface area contributed by atoms with Gasteiger partial charge in [-0.05, 0) is 51.3 Å². The molecule has 3 aromatic carbocycles. The van der Waals surface area contributed by atoms with Gasteiger partial charge in [-0.2, -0.15) is 0 Å². The molecule has 0 amide bonds. The first kappa shape index (κ1) is 20.6. The summed E-state index contributed by atoms with van der Waals surface area (Å²) in [5.41, 5.74) is 9.51. The van der Waals surface area contributed by atoms with Crippen LogP contribution in [0.4, 0.5) is 0 Å². The van der Waals surface area contributed by atoms with E-state index in [1.807, 2.05) is 6.07 Å². The molecule has 0 aliphatic heterocycles. The van der Waals surface area contributed by atoms with Gasteiger partial charge in [0.2, 0.25) is 0 Å². The van der Waals surface area contributed by atoms with Crippen LogP contribution in [0.1, 0.15) is 77.6 Å². The van der Waals surface area contributed by atoms with Crippen LogP contribution in [0, 0.1) is 0 Å². The normalized spacial score (nSPS) is 15.5. The Labute approximate surface area is 190 Å². The summed E-state index contributed by atoms with van der Waals surface area (Å²) in [5, 5.41) is 3.28. The number of furan rings is 1. The van der Waals surface area contributed by atoms with E-state index in [0.29, 0.717) is 0 Å². The molecular weight excluding hydrogens is 400 g/mol. The molecule has 0 bridgehead atoms. The summed E-state index contributed by atoms with van der Waals surface area (Å²) >= 11 is 6.71. The topological polar surface area (TPSA) is 13.1 Å². The Morgan fingerprint density at radius 1 is 0.871 bits per heavy atom. The van der Waals surface area contributed by atoms with Gasteiger partial charge in [0.05, 0.1) is 0 Å². The molecule has 5 rings (SSSR count). The maximum atomic E-state index is 6.71. The average Bonchev–Trinajstić information content (AvgIpc) is 3.13. The lowest BCUT2D eigenvalue weighted by Crippen LogP contribution is -2.17. The Kier molecular flexibility index (Phi) is 4.11. The fourth-order valence-corrected chi connectivity index (χ4v) is 5.55. The molecule has 160 valence electrons. The first-order valence-corrected chi connectivity index (χ1v) is 11.5. The van der Waals surface area contributed by atoms with Crippen LogP contribution in [-0.2, 0) is 16.2 Å². The number of hydrogen-bond acceptors (Lipinski definition) is 1. The Bertz CT molecular complexity index is 1370. The Hall–Kier alpha value is -2.25. The highest BCUT2D eigenvalue weighted by atomic mass is 35.5. The second-order valence-corrected chi connectivity index (χ2v) is 12.1. The van der Waals surface area contributed by atoms with Crippen molar-refractivity contribution in [3.63, 3.8) is 0 Å². The third-order valence-corrected chi connectivity index (χ3v) is 7.31. The zero-order valence-corrected chi connectivity index (χ0v) is 20.6. The lowest BCUT2D eigenvalue weighted by atomic mass is 9.78. The highest BCUT2D eigenvalue weighted by Gasteiger charge is 2.39. The molecule has 1 aliphatic carbocycles. The fourth-order valence-electron chi connectivity index (χ4n) is 5.27. The molecule has 31 heavy (non-hydrogen) atoms. The largest absolute Gasteiger partial charge is 0.456 e. The molecule has 1 nitrogen and oxygen atoms in total. The Balaban J connectivity index is 1.99. The van der Waals surface area contributed by atoms with Crippen LogP contribution in [0.25, 0.3) is 33.1 Å². The Morgan fingerprint density at radius 2 is 1.58 bits per heavy atom. The molecule has 1 aliphatic rings. The van der Waals surface area contributed by atoms with E-state index in [2.05, 4.69) is 91.8 Å². The zero-order valence-electron chi connectivity index (χ0n) is 19.8. The van der Waals surface area contributed by atoms with E-state index in [4.69, 9.17) is 16.0 Å². The van der Waals surface area contributed by atoms with Gasteiger partial charge in [-0.25, -0.2) is 0 Å². The molecule has 1 heterocycles. The molecule has 0 radical (unpaired) electrons. The number of hydrogen-bond donors (Lipinski definition) is 0. The molecule has 0 saturated carbocycles. The quantitative estimate of drug-likeness (QED) is 0.271. The SMILES string of the molecule is CC(C)(C)c1cc(C(C)(C)C)c2oc3ccc4c(c3c2c1)C(C)(C)c1cccc(Cl)c1-4. The summed E-state index contributed by atoms with van der Waals surface area (Å²) in [5.74, 6) is 0. The number of rotatable bonds is 0. The third-order valence-electron chi connectivity index (χ3n) is 6.99. The lowest BCUT2D eigenvalue weighted by Gasteiger charge is -2.25. The molecule has 0 unspecified atom stereocenters. The second kappa shape index (κ2) is 6.17. The maximum absolute atomic E-state index is 6.71. The van der Waals surface area contributed by atoms with Gasteiger partial charge >= 0.3 is 0 Å². The van der Waals surface area contributed by atoms with Crippen LogP contribution >= 0.6 is 11.6 Å².